The van der Waals surface area contributed by atoms with Crippen molar-refractivity contribution in [3.05, 3.63) is 312 Å². The minimum atomic E-state index is -0.993. The molecule has 0 radical (unpaired) electrons. The number of carboxylic acid groups (broad SMARTS) is 1. The van der Waals surface area contributed by atoms with Gasteiger partial charge in [0.15, 0.2) is 0 Å². The Morgan fingerprint density at radius 2 is 0.856 bits per heavy atom. The van der Waals surface area contributed by atoms with Gasteiger partial charge in [0.25, 0.3) is 35.4 Å². The van der Waals surface area contributed by atoms with E-state index in [2.05, 4.69) is 56.2 Å². The summed E-state index contributed by atoms with van der Waals surface area (Å²) < 4.78 is 93.6. The van der Waals surface area contributed by atoms with E-state index in [-0.39, 0.29) is 113 Å². The van der Waals surface area contributed by atoms with Gasteiger partial charge in [0, 0.05) is 97.5 Å². The zero-order valence-corrected chi connectivity index (χ0v) is 69.9. The van der Waals surface area contributed by atoms with Crippen LogP contribution in [0.5, 0.6) is 23.0 Å². The molecule has 0 saturated heterocycles. The number of benzene rings is 5. The van der Waals surface area contributed by atoms with Crippen molar-refractivity contribution >= 4 is 64.6 Å². The van der Waals surface area contributed by atoms with Gasteiger partial charge in [-0.15, -0.1) is 0 Å². The van der Waals surface area contributed by atoms with E-state index in [1.807, 2.05) is 39.8 Å². The van der Waals surface area contributed by atoms with E-state index in [0.717, 1.165) is 35.4 Å². The number of halogens is 6. The molecule has 0 atom stereocenters. The average Bonchev–Trinajstić information content (AvgIpc) is 1.63. The number of pyridine rings is 7. The smallest absolute Gasteiger partial charge is 0.337 e. The van der Waals surface area contributed by atoms with Crippen LogP contribution in [-0.2, 0) is 45.6 Å². The molecule has 34 heteroatoms. The molecule has 0 aliphatic carbocycles. The lowest BCUT2D eigenvalue weighted by atomic mass is 9.98. The first-order chi connectivity index (χ1) is 60.2. The predicted molar refractivity (Wildman–Crippen MR) is 458 cm³/mol. The number of amides is 6. The lowest BCUT2D eigenvalue weighted by Crippen LogP contribution is -2.24. The zero-order valence-electron chi connectivity index (χ0n) is 69.1. The van der Waals surface area contributed by atoms with Crippen molar-refractivity contribution in [2.45, 2.75) is 73.3 Å². The first kappa shape index (κ1) is 92.4. The van der Waals surface area contributed by atoms with E-state index in [1.54, 1.807) is 109 Å². The van der Waals surface area contributed by atoms with Crippen molar-refractivity contribution in [2.24, 2.45) is 5.73 Å². The highest BCUT2D eigenvalue weighted by atomic mass is 35.5. The van der Waals surface area contributed by atoms with Crippen LogP contribution in [0.2, 0.25) is 5.02 Å². The molecule has 3 aliphatic heterocycles. The van der Waals surface area contributed by atoms with E-state index in [9.17, 15) is 55.5 Å². The van der Waals surface area contributed by atoms with Crippen molar-refractivity contribution in [3.63, 3.8) is 0 Å². The molecule has 0 bridgehead atoms. The zero-order chi connectivity index (χ0) is 90.1. The molecular formula is C91H88ClF5N16O12. The summed E-state index contributed by atoms with van der Waals surface area (Å²) >= 11 is 6.32. The molecule has 28 nitrogen and oxygen atoms in total. The summed E-state index contributed by atoms with van der Waals surface area (Å²) in [6, 6.07) is 41.8. The highest BCUT2D eigenvalue weighted by Crippen LogP contribution is 2.39. The van der Waals surface area contributed by atoms with Crippen LogP contribution < -0.4 is 57.4 Å². The molecule has 15 rings (SSSR count). The van der Waals surface area contributed by atoms with Gasteiger partial charge >= 0.3 is 5.97 Å². The molecule has 7 aromatic heterocycles. The number of hydrogen-bond acceptors (Lipinski definition) is 21. The van der Waals surface area contributed by atoms with Crippen LogP contribution in [0.1, 0.15) is 151 Å². The number of rotatable bonds is 22. The van der Waals surface area contributed by atoms with Gasteiger partial charge in [-0.25, -0.2) is 51.7 Å². The van der Waals surface area contributed by atoms with Crippen LogP contribution in [-0.4, -0.2) is 146 Å². The Morgan fingerprint density at radius 1 is 0.456 bits per heavy atom. The van der Waals surface area contributed by atoms with Crippen molar-refractivity contribution in [3.8, 4) is 56.8 Å². The minimum absolute atomic E-state index is 0.0472. The number of nitrogens with zero attached hydrogens (tertiary/aromatic N) is 9. The van der Waals surface area contributed by atoms with Crippen LogP contribution in [0.15, 0.2) is 189 Å². The Labute approximate surface area is 720 Å². The Morgan fingerprint density at radius 3 is 1.27 bits per heavy atom. The van der Waals surface area contributed by atoms with Crippen LogP contribution in [0.3, 0.4) is 0 Å². The maximum atomic E-state index is 14.8. The number of ether oxygens (including phenoxy) is 4. The summed E-state index contributed by atoms with van der Waals surface area (Å²) in [5.74, 6) is -2.54. The van der Waals surface area contributed by atoms with E-state index >= 15 is 0 Å². The summed E-state index contributed by atoms with van der Waals surface area (Å²) in [6.07, 6.45) is 6.21. The molecule has 0 spiro atoms. The van der Waals surface area contributed by atoms with Crippen molar-refractivity contribution in [1.29, 1.82) is 0 Å². The summed E-state index contributed by atoms with van der Waals surface area (Å²) in [7, 11) is 6.18. The normalized spacial score (nSPS) is 11.8. The number of aromatic carboxylic acids is 1. The fourth-order valence-electron chi connectivity index (χ4n) is 13.1. The molecular weight excluding hydrogens is 1640 g/mol. The lowest BCUT2D eigenvalue weighted by molar-refractivity contribution is 0.0693. The Bertz CT molecular complexity index is 5890. The molecule has 5 aromatic carbocycles. The number of nitrogen functional groups attached to an aromatic ring is 2. The SMILES string of the molecule is CCN.CCNC(=O)c1ccc(Cc2cc(-c3c(F)cccc3F)nc3c2C(=O)N(Cc2ccc(OC)cc2OC)C3)nc1.CCNC(=O)c1ccc(Cc2cc(-c3ccccc3F)nc3c2C(=O)NC3)nc1.CCNC(=O)c1ccc(N)nc1.COc1ccc(CN2Cc3nc(-c4c(F)cccc4F)cc(Cl)c3C2=O)c(OC)c1.Nc1ccc(C(=O)O)cn1. The topological polar surface area (TPSA) is 400 Å². The number of carbonyl (C=O) groups excluding carboxylic acids is 6. The number of methoxy groups -OCH3 is 4. The van der Waals surface area contributed by atoms with Gasteiger partial charge in [-0.05, 0) is 166 Å². The van der Waals surface area contributed by atoms with Gasteiger partial charge in [0.1, 0.15) is 63.7 Å². The Balaban J connectivity index is 0.000000174. The molecule has 646 valence electrons. The highest BCUT2D eigenvalue weighted by molar-refractivity contribution is 6.34. The number of aromatic nitrogens is 7. The van der Waals surface area contributed by atoms with Crippen molar-refractivity contribution in [2.75, 3.05) is 66.1 Å². The second-order valence-electron chi connectivity index (χ2n) is 27.5. The summed E-state index contributed by atoms with van der Waals surface area (Å²) in [5, 5.41) is 19.4. The number of nitrogens with two attached hydrogens (primary N) is 3. The molecule has 12 aromatic rings. The van der Waals surface area contributed by atoms with E-state index in [1.165, 1.54) is 93.6 Å². The average molecular weight is 1730 g/mol. The van der Waals surface area contributed by atoms with Gasteiger partial charge in [0.05, 0.1) is 150 Å². The quantitative estimate of drug-likeness (QED) is 0.0292. The third-order valence-corrected chi connectivity index (χ3v) is 19.3. The molecule has 10 heterocycles. The first-order valence-electron chi connectivity index (χ1n) is 38.9. The number of carbonyl (C=O) groups is 7. The van der Waals surface area contributed by atoms with E-state index in [4.69, 9.17) is 52.9 Å². The molecule has 6 amide bonds. The molecule has 3 aliphatic rings. The maximum absolute atomic E-state index is 14.8. The minimum Gasteiger partial charge on any atom is -0.497 e. The highest BCUT2D eigenvalue weighted by Gasteiger charge is 2.36. The first-order valence-corrected chi connectivity index (χ1v) is 39.3. The molecule has 11 N–H and O–H groups in total. The predicted octanol–water partition coefficient (Wildman–Crippen LogP) is 13.4. The molecule has 0 saturated carbocycles. The van der Waals surface area contributed by atoms with Gasteiger partial charge in [-0.1, -0.05) is 42.8 Å². The Hall–Kier alpha value is -14.9. The summed E-state index contributed by atoms with van der Waals surface area (Å²) in [5.41, 5.74) is 24.0. The van der Waals surface area contributed by atoms with Crippen LogP contribution in [0.25, 0.3) is 33.8 Å². The number of fused-ring (bicyclic) bond motifs is 3. The largest absolute Gasteiger partial charge is 0.497 e. The third-order valence-electron chi connectivity index (χ3n) is 19.0. The van der Waals surface area contributed by atoms with Crippen LogP contribution in [0.4, 0.5) is 33.6 Å². The summed E-state index contributed by atoms with van der Waals surface area (Å²) in [6.45, 7) is 10.9. The fourth-order valence-corrected chi connectivity index (χ4v) is 13.4. The third kappa shape index (κ3) is 23.2. The summed E-state index contributed by atoms with van der Waals surface area (Å²) in [4.78, 5) is 117. The number of nitrogens with one attached hydrogen (secondary N) is 4. The van der Waals surface area contributed by atoms with Crippen molar-refractivity contribution in [1.82, 2.24) is 66.0 Å². The molecule has 0 unspecified atom stereocenters. The van der Waals surface area contributed by atoms with Gasteiger partial charge in [0.2, 0.25) is 0 Å². The van der Waals surface area contributed by atoms with E-state index in [0.29, 0.717) is 140 Å². The number of hydrogen-bond donors (Lipinski definition) is 8. The van der Waals surface area contributed by atoms with Gasteiger partial charge in [-0.3, -0.25) is 38.7 Å². The number of anilines is 2. The maximum Gasteiger partial charge on any atom is 0.337 e. The van der Waals surface area contributed by atoms with Gasteiger partial charge in [-0.2, -0.15) is 0 Å². The number of carboxylic acids is 1. The van der Waals surface area contributed by atoms with Crippen LogP contribution >= 0.6 is 11.6 Å². The molecule has 0 fully saturated rings. The van der Waals surface area contributed by atoms with Gasteiger partial charge < -0.3 is 72.3 Å². The Kier molecular flexibility index (Phi) is 32.2. The van der Waals surface area contributed by atoms with Crippen molar-refractivity contribution < 1.29 is 79.6 Å². The van der Waals surface area contributed by atoms with E-state index < -0.39 is 29.2 Å². The fraction of sp³-hybridized carbons (Fsp3) is 0.209. The lowest BCUT2D eigenvalue weighted by Gasteiger charge is -2.18. The second-order valence-corrected chi connectivity index (χ2v) is 27.9. The molecule has 125 heavy (non-hydrogen) atoms. The standard InChI is InChI=1S/C31H28F2N4O4.C22H17ClF2N2O3.C22H19FN4O2.C8H11N3O.C6H6N2O2.C2H7N/c1-4-34-30(38)18-8-10-21(35-15-18)12-20-13-25(29-23(32)6-5-7-24(29)33)36-26-17-37(31(39)28(20)26)16-19-9-11-22(40-2)14-27(19)41-3;1-29-13-7-6-12(19(8-13)30-2)10-27-11-18-20(22(27)28)14(23)9-17(26-18)21-15(24)4-3-5-16(21)25;1-2-24-21(28)13-7-8-15(25-11-13)9-14-10-18(16-5-3-4-6-17(16)23)27-19-12-26-22(29)20(14)19;1-2-10-8(12)6-3-4-7(9)11-5-6;7-5-2-1-4(3-8-5)6(9)10;1-2-3/h5-11,13-15H,4,12,16-17H2,1-3H3,(H,34,38);3-9H,10-11H2,1-2H3;3-8,10-11H,2,9,12H2,1H3,(H,24,28)(H,26,29);3-5H,2H2,1H3,(H2,9,11)(H,10,12);1-3H,(H2,7,8)(H,9,10);2-3H2,1H3. The second kappa shape index (κ2) is 43.6. The monoisotopic (exact) mass is 1730 g/mol. The van der Waals surface area contributed by atoms with Crippen LogP contribution in [0, 0.1) is 29.1 Å².